The Labute approximate surface area is 108 Å². The van der Waals surface area contributed by atoms with Crippen molar-refractivity contribution in [3.63, 3.8) is 0 Å². The van der Waals surface area contributed by atoms with Gasteiger partial charge in [0, 0.05) is 12.6 Å². The van der Waals surface area contributed by atoms with Gasteiger partial charge in [-0.3, -0.25) is 4.79 Å². The van der Waals surface area contributed by atoms with Gasteiger partial charge in [-0.05, 0) is 37.5 Å². The molecule has 1 atom stereocenters. The maximum atomic E-state index is 12.3. The summed E-state index contributed by atoms with van der Waals surface area (Å²) in [6.45, 7) is 3.00. The fourth-order valence-corrected chi connectivity index (χ4v) is 2.59. The third-order valence-electron chi connectivity index (χ3n) is 3.64. The first kappa shape index (κ1) is 12.9. The van der Waals surface area contributed by atoms with Crippen molar-refractivity contribution < 1.29 is 9.90 Å². The van der Waals surface area contributed by atoms with E-state index in [1.54, 1.807) is 18.2 Å². The van der Waals surface area contributed by atoms with Crippen LogP contribution in [-0.2, 0) is 11.2 Å². The van der Waals surface area contributed by atoms with Gasteiger partial charge in [0.15, 0.2) is 0 Å². The number of carbonyl (C=O) groups excluding carboxylic acids is 1. The molecule has 1 amide bonds. The van der Waals surface area contributed by atoms with Crippen LogP contribution in [0.4, 0.5) is 0 Å². The summed E-state index contributed by atoms with van der Waals surface area (Å²) in [6.07, 6.45) is 5.04. The summed E-state index contributed by atoms with van der Waals surface area (Å²) in [4.78, 5) is 14.3. The van der Waals surface area contributed by atoms with Crippen LogP contribution in [0.5, 0.6) is 5.75 Å². The van der Waals surface area contributed by atoms with Crippen LogP contribution in [0, 0.1) is 0 Å². The first-order chi connectivity index (χ1) is 8.66. The molecule has 3 heteroatoms. The highest BCUT2D eigenvalue weighted by Gasteiger charge is 2.21. The molecule has 1 heterocycles. The maximum Gasteiger partial charge on any atom is 0.227 e. The van der Waals surface area contributed by atoms with Gasteiger partial charge in [-0.2, -0.15) is 0 Å². The quantitative estimate of drug-likeness (QED) is 0.873. The second kappa shape index (κ2) is 5.89. The van der Waals surface area contributed by atoms with Gasteiger partial charge in [-0.25, -0.2) is 0 Å². The molecule has 1 aromatic carbocycles. The van der Waals surface area contributed by atoms with E-state index in [-0.39, 0.29) is 11.7 Å². The van der Waals surface area contributed by atoms with Crippen LogP contribution < -0.4 is 0 Å². The first-order valence-corrected chi connectivity index (χ1v) is 6.74. The lowest BCUT2D eigenvalue weighted by atomic mass is 10.1. The number of likely N-dealkylation sites (tertiary alicyclic amines) is 1. The van der Waals surface area contributed by atoms with Gasteiger partial charge in [0.25, 0.3) is 0 Å². The van der Waals surface area contributed by atoms with Gasteiger partial charge in [-0.1, -0.05) is 25.0 Å². The number of amides is 1. The molecule has 1 fully saturated rings. The van der Waals surface area contributed by atoms with Gasteiger partial charge in [0.1, 0.15) is 5.75 Å². The Hall–Kier alpha value is -1.51. The average Bonchev–Trinajstić information content (AvgIpc) is 2.54. The zero-order valence-electron chi connectivity index (χ0n) is 10.9. The van der Waals surface area contributed by atoms with Crippen LogP contribution in [-0.4, -0.2) is 28.5 Å². The Balaban J connectivity index is 2.02. The topological polar surface area (TPSA) is 40.5 Å². The van der Waals surface area contributed by atoms with E-state index >= 15 is 0 Å². The Kier molecular flexibility index (Phi) is 4.24. The fraction of sp³-hybridized carbons (Fsp3) is 0.533. The van der Waals surface area contributed by atoms with E-state index in [0.717, 1.165) is 24.9 Å². The second-order valence-corrected chi connectivity index (χ2v) is 5.13. The van der Waals surface area contributed by atoms with Gasteiger partial charge in [-0.15, -0.1) is 0 Å². The molecule has 3 nitrogen and oxygen atoms in total. The number of carbonyl (C=O) groups is 1. The van der Waals surface area contributed by atoms with Crippen molar-refractivity contribution in [1.29, 1.82) is 0 Å². The number of phenols is 1. The molecule has 0 spiro atoms. The molecule has 0 aromatic heterocycles. The van der Waals surface area contributed by atoms with Gasteiger partial charge in [0.2, 0.25) is 5.91 Å². The summed E-state index contributed by atoms with van der Waals surface area (Å²) in [5.41, 5.74) is 0.886. The van der Waals surface area contributed by atoms with Crippen molar-refractivity contribution >= 4 is 5.91 Å². The summed E-state index contributed by atoms with van der Waals surface area (Å²) in [5, 5.41) is 9.41. The predicted octanol–water partition coefficient (Wildman–Crippen LogP) is 2.73. The minimum absolute atomic E-state index is 0.176. The molecule has 98 valence electrons. The van der Waals surface area contributed by atoms with Crippen LogP contribution in [0.2, 0.25) is 0 Å². The number of hydrogen-bond acceptors (Lipinski definition) is 2. The van der Waals surface area contributed by atoms with Crippen molar-refractivity contribution in [2.75, 3.05) is 6.54 Å². The molecule has 1 aliphatic heterocycles. The summed E-state index contributed by atoms with van der Waals surface area (Å²) in [5.74, 6) is 0.402. The van der Waals surface area contributed by atoms with Crippen molar-refractivity contribution in [3.05, 3.63) is 29.8 Å². The fourth-order valence-electron chi connectivity index (χ4n) is 2.59. The largest absolute Gasteiger partial charge is 0.508 e. The van der Waals surface area contributed by atoms with Crippen molar-refractivity contribution in [1.82, 2.24) is 4.90 Å². The van der Waals surface area contributed by atoms with Gasteiger partial charge in [0.05, 0.1) is 6.42 Å². The number of aromatic hydroxyl groups is 1. The van der Waals surface area contributed by atoms with Crippen LogP contribution in [0.3, 0.4) is 0 Å². The Morgan fingerprint density at radius 2 is 2.22 bits per heavy atom. The van der Waals surface area contributed by atoms with E-state index in [4.69, 9.17) is 0 Å². The molecule has 18 heavy (non-hydrogen) atoms. The number of rotatable bonds is 2. The highest BCUT2D eigenvalue weighted by Crippen LogP contribution is 2.18. The summed E-state index contributed by atoms with van der Waals surface area (Å²) < 4.78 is 0. The molecular formula is C15H21NO2. The molecule has 0 saturated carbocycles. The highest BCUT2D eigenvalue weighted by molar-refractivity contribution is 5.79. The molecule has 1 aliphatic rings. The predicted molar refractivity (Wildman–Crippen MR) is 71.5 cm³/mol. The second-order valence-electron chi connectivity index (χ2n) is 5.13. The van der Waals surface area contributed by atoms with E-state index < -0.39 is 0 Å². The molecule has 1 N–H and O–H groups in total. The molecule has 0 radical (unpaired) electrons. The lowest BCUT2D eigenvalue weighted by molar-refractivity contribution is -0.132. The van der Waals surface area contributed by atoms with Gasteiger partial charge < -0.3 is 10.0 Å². The number of phenolic OH excluding ortho intramolecular Hbond substituents is 1. The lowest BCUT2D eigenvalue weighted by Gasteiger charge is -2.27. The Bertz CT molecular complexity index is 417. The van der Waals surface area contributed by atoms with E-state index in [1.165, 1.54) is 12.8 Å². The van der Waals surface area contributed by atoms with Gasteiger partial charge >= 0.3 is 0 Å². The van der Waals surface area contributed by atoms with Crippen LogP contribution >= 0.6 is 0 Å². The number of nitrogens with zero attached hydrogens (tertiary/aromatic N) is 1. The monoisotopic (exact) mass is 247 g/mol. The molecule has 1 saturated heterocycles. The SMILES string of the molecule is CC1CCCCCN1C(=O)Cc1cccc(O)c1. The van der Waals surface area contributed by atoms with E-state index in [1.807, 2.05) is 11.0 Å². The van der Waals surface area contributed by atoms with Crippen LogP contribution in [0.1, 0.15) is 38.2 Å². The summed E-state index contributed by atoms with van der Waals surface area (Å²) in [7, 11) is 0. The molecule has 1 unspecified atom stereocenters. The standard InChI is InChI=1S/C15H21NO2/c1-12-6-3-2-4-9-16(12)15(18)11-13-7-5-8-14(17)10-13/h5,7-8,10,12,17H,2-4,6,9,11H2,1H3. The van der Waals surface area contributed by atoms with E-state index in [2.05, 4.69) is 6.92 Å². The molecule has 1 aromatic rings. The lowest BCUT2D eigenvalue weighted by Crippen LogP contribution is -2.39. The smallest absolute Gasteiger partial charge is 0.227 e. The zero-order chi connectivity index (χ0) is 13.0. The summed E-state index contributed by atoms with van der Waals surface area (Å²) >= 11 is 0. The number of hydrogen-bond donors (Lipinski definition) is 1. The molecule has 0 aliphatic carbocycles. The first-order valence-electron chi connectivity index (χ1n) is 6.74. The molecule has 0 bridgehead atoms. The molecule has 2 rings (SSSR count). The van der Waals surface area contributed by atoms with E-state index in [0.29, 0.717) is 12.5 Å². The van der Waals surface area contributed by atoms with Crippen LogP contribution in [0.15, 0.2) is 24.3 Å². The average molecular weight is 247 g/mol. The third kappa shape index (κ3) is 3.25. The minimum atomic E-state index is 0.176. The summed E-state index contributed by atoms with van der Waals surface area (Å²) in [6, 6.07) is 7.31. The molecular weight excluding hydrogens is 226 g/mol. The minimum Gasteiger partial charge on any atom is -0.508 e. The Morgan fingerprint density at radius 3 is 3.00 bits per heavy atom. The normalized spacial score (nSPS) is 20.5. The Morgan fingerprint density at radius 1 is 1.39 bits per heavy atom. The van der Waals surface area contributed by atoms with Crippen molar-refractivity contribution in [3.8, 4) is 5.75 Å². The zero-order valence-corrected chi connectivity index (χ0v) is 10.9. The third-order valence-corrected chi connectivity index (χ3v) is 3.64. The van der Waals surface area contributed by atoms with Crippen molar-refractivity contribution in [2.45, 2.75) is 45.1 Å². The number of benzene rings is 1. The van der Waals surface area contributed by atoms with Crippen molar-refractivity contribution in [2.24, 2.45) is 0 Å². The van der Waals surface area contributed by atoms with Crippen LogP contribution in [0.25, 0.3) is 0 Å². The van der Waals surface area contributed by atoms with E-state index in [9.17, 15) is 9.90 Å². The maximum absolute atomic E-state index is 12.3. The highest BCUT2D eigenvalue weighted by atomic mass is 16.3.